The van der Waals surface area contributed by atoms with Gasteiger partial charge in [-0.3, -0.25) is 0 Å². The Balaban J connectivity index is 2.66. The SMILES string of the molecule is CC(C)(C)c1ccn2ncc(N)c2c1. The van der Waals surface area contributed by atoms with Crippen molar-refractivity contribution in [2.24, 2.45) is 0 Å². The van der Waals surface area contributed by atoms with Crippen LogP contribution in [0.3, 0.4) is 0 Å². The molecular formula is C11H15N3. The highest BCUT2D eigenvalue weighted by molar-refractivity contribution is 5.69. The van der Waals surface area contributed by atoms with E-state index in [4.69, 9.17) is 5.73 Å². The van der Waals surface area contributed by atoms with E-state index in [0.717, 1.165) is 11.2 Å². The van der Waals surface area contributed by atoms with Crippen LogP contribution in [0.2, 0.25) is 0 Å². The summed E-state index contributed by atoms with van der Waals surface area (Å²) in [7, 11) is 0. The second kappa shape index (κ2) is 2.74. The van der Waals surface area contributed by atoms with Crippen LogP contribution in [0.25, 0.3) is 5.52 Å². The standard InChI is InChI=1S/C11H15N3/c1-11(2,3)8-4-5-14-10(6-8)9(12)7-13-14/h4-7H,12H2,1-3H3. The van der Waals surface area contributed by atoms with Gasteiger partial charge in [0.25, 0.3) is 0 Å². The number of fused-ring (bicyclic) bond motifs is 1. The Bertz CT molecular complexity index is 463. The number of nitrogens with two attached hydrogens (primary N) is 1. The number of aromatic nitrogens is 2. The maximum atomic E-state index is 5.81. The predicted molar refractivity (Wildman–Crippen MR) is 58.3 cm³/mol. The van der Waals surface area contributed by atoms with Crippen molar-refractivity contribution in [2.45, 2.75) is 26.2 Å². The highest BCUT2D eigenvalue weighted by atomic mass is 15.2. The van der Waals surface area contributed by atoms with Gasteiger partial charge in [0.1, 0.15) is 0 Å². The van der Waals surface area contributed by atoms with Crippen molar-refractivity contribution in [1.29, 1.82) is 0 Å². The molecule has 0 aliphatic rings. The third-order valence-corrected chi connectivity index (χ3v) is 2.42. The van der Waals surface area contributed by atoms with Gasteiger partial charge in [0, 0.05) is 6.20 Å². The highest BCUT2D eigenvalue weighted by Crippen LogP contribution is 2.24. The predicted octanol–water partition coefficient (Wildman–Crippen LogP) is 2.21. The fourth-order valence-electron chi connectivity index (χ4n) is 1.47. The maximum Gasteiger partial charge on any atom is 0.0894 e. The molecule has 2 N–H and O–H groups in total. The molecule has 2 heterocycles. The molecule has 0 amide bonds. The number of rotatable bonds is 0. The van der Waals surface area contributed by atoms with Crippen LogP contribution in [0.5, 0.6) is 0 Å². The first-order chi connectivity index (χ1) is 6.48. The fraction of sp³-hybridized carbons (Fsp3) is 0.364. The van der Waals surface area contributed by atoms with E-state index in [1.807, 2.05) is 6.20 Å². The van der Waals surface area contributed by atoms with Crippen molar-refractivity contribution < 1.29 is 0 Å². The van der Waals surface area contributed by atoms with Gasteiger partial charge in [0.2, 0.25) is 0 Å². The molecule has 3 heteroatoms. The largest absolute Gasteiger partial charge is 0.396 e. The topological polar surface area (TPSA) is 43.3 Å². The van der Waals surface area contributed by atoms with Gasteiger partial charge in [-0.25, -0.2) is 4.52 Å². The molecule has 0 unspecified atom stereocenters. The number of nitrogen functional groups attached to an aromatic ring is 1. The lowest BCUT2D eigenvalue weighted by Crippen LogP contribution is -2.11. The molecule has 0 saturated carbocycles. The average molecular weight is 189 g/mol. The summed E-state index contributed by atoms with van der Waals surface area (Å²) in [5.74, 6) is 0. The molecule has 74 valence electrons. The average Bonchev–Trinajstić information content (AvgIpc) is 2.46. The number of pyridine rings is 1. The van der Waals surface area contributed by atoms with E-state index in [9.17, 15) is 0 Å². The number of anilines is 1. The van der Waals surface area contributed by atoms with Gasteiger partial charge in [-0.1, -0.05) is 20.8 Å². The van der Waals surface area contributed by atoms with Crippen molar-refractivity contribution in [3.8, 4) is 0 Å². The normalized spacial score (nSPS) is 12.2. The molecule has 0 aromatic carbocycles. The lowest BCUT2D eigenvalue weighted by molar-refractivity contribution is 0.589. The Labute approximate surface area is 83.5 Å². The summed E-state index contributed by atoms with van der Waals surface area (Å²) in [5, 5.41) is 4.13. The van der Waals surface area contributed by atoms with Crippen LogP contribution in [-0.2, 0) is 5.41 Å². The Kier molecular flexibility index (Phi) is 1.77. The quantitative estimate of drug-likeness (QED) is 0.690. The van der Waals surface area contributed by atoms with Gasteiger partial charge in [-0.15, -0.1) is 0 Å². The number of hydrogen-bond donors (Lipinski definition) is 1. The first kappa shape index (κ1) is 9.06. The molecule has 0 atom stereocenters. The van der Waals surface area contributed by atoms with Crippen LogP contribution in [-0.4, -0.2) is 9.61 Å². The summed E-state index contributed by atoms with van der Waals surface area (Å²) in [4.78, 5) is 0. The van der Waals surface area contributed by atoms with Crippen LogP contribution in [0.15, 0.2) is 24.5 Å². The van der Waals surface area contributed by atoms with E-state index >= 15 is 0 Å². The van der Waals surface area contributed by atoms with E-state index in [-0.39, 0.29) is 5.41 Å². The molecule has 0 fully saturated rings. The Morgan fingerprint density at radius 2 is 2.07 bits per heavy atom. The van der Waals surface area contributed by atoms with Crippen molar-refractivity contribution in [1.82, 2.24) is 9.61 Å². The Hall–Kier alpha value is -1.51. The van der Waals surface area contributed by atoms with Crippen molar-refractivity contribution in [3.63, 3.8) is 0 Å². The summed E-state index contributed by atoms with van der Waals surface area (Å²) >= 11 is 0. The number of nitrogens with zero attached hydrogens (tertiary/aromatic N) is 2. The minimum atomic E-state index is 0.151. The molecule has 3 nitrogen and oxygen atoms in total. The van der Waals surface area contributed by atoms with Crippen molar-refractivity contribution >= 4 is 11.2 Å². The van der Waals surface area contributed by atoms with Gasteiger partial charge in [-0.2, -0.15) is 5.10 Å². The maximum absolute atomic E-state index is 5.81. The van der Waals surface area contributed by atoms with E-state index in [1.165, 1.54) is 5.56 Å². The van der Waals surface area contributed by atoms with Gasteiger partial charge < -0.3 is 5.73 Å². The van der Waals surface area contributed by atoms with Gasteiger partial charge in [0.05, 0.1) is 17.4 Å². The van der Waals surface area contributed by atoms with E-state index in [2.05, 4.69) is 38.0 Å². The summed E-state index contributed by atoms with van der Waals surface area (Å²) in [5.41, 5.74) is 8.95. The van der Waals surface area contributed by atoms with Crippen LogP contribution >= 0.6 is 0 Å². The smallest absolute Gasteiger partial charge is 0.0894 e. The monoisotopic (exact) mass is 189 g/mol. The zero-order valence-electron chi connectivity index (χ0n) is 8.78. The molecule has 2 aromatic heterocycles. The molecule has 0 spiro atoms. The van der Waals surface area contributed by atoms with Crippen molar-refractivity contribution in [2.75, 3.05) is 5.73 Å². The minimum absolute atomic E-state index is 0.151. The molecule has 0 radical (unpaired) electrons. The Morgan fingerprint density at radius 1 is 1.36 bits per heavy atom. The summed E-state index contributed by atoms with van der Waals surface area (Å²) in [6, 6.07) is 4.18. The lowest BCUT2D eigenvalue weighted by Gasteiger charge is -2.18. The zero-order chi connectivity index (χ0) is 10.3. The molecular weight excluding hydrogens is 174 g/mol. The first-order valence-electron chi connectivity index (χ1n) is 4.72. The number of hydrogen-bond acceptors (Lipinski definition) is 2. The molecule has 2 rings (SSSR count). The zero-order valence-corrected chi connectivity index (χ0v) is 8.78. The van der Waals surface area contributed by atoms with E-state index < -0.39 is 0 Å². The van der Waals surface area contributed by atoms with Crippen LogP contribution < -0.4 is 5.73 Å². The molecule has 2 aromatic rings. The van der Waals surface area contributed by atoms with E-state index in [1.54, 1.807) is 10.7 Å². The summed E-state index contributed by atoms with van der Waals surface area (Å²) < 4.78 is 1.80. The van der Waals surface area contributed by atoms with Crippen LogP contribution in [0.4, 0.5) is 5.69 Å². The van der Waals surface area contributed by atoms with Crippen LogP contribution in [0, 0.1) is 0 Å². The minimum Gasteiger partial charge on any atom is -0.396 e. The summed E-state index contributed by atoms with van der Waals surface area (Å²) in [6.45, 7) is 6.56. The molecule has 0 aliphatic heterocycles. The lowest BCUT2D eigenvalue weighted by atomic mass is 9.87. The van der Waals surface area contributed by atoms with Crippen molar-refractivity contribution in [3.05, 3.63) is 30.1 Å². The molecule has 14 heavy (non-hydrogen) atoms. The summed E-state index contributed by atoms with van der Waals surface area (Å²) in [6.07, 6.45) is 3.63. The third kappa shape index (κ3) is 1.35. The highest BCUT2D eigenvalue weighted by Gasteiger charge is 2.14. The molecule has 0 aliphatic carbocycles. The Morgan fingerprint density at radius 3 is 2.71 bits per heavy atom. The second-order valence-corrected chi connectivity index (χ2v) is 4.60. The molecule has 0 bridgehead atoms. The van der Waals surface area contributed by atoms with E-state index in [0.29, 0.717) is 0 Å². The fourth-order valence-corrected chi connectivity index (χ4v) is 1.47. The molecule has 0 saturated heterocycles. The first-order valence-corrected chi connectivity index (χ1v) is 4.72. The van der Waals surface area contributed by atoms with Gasteiger partial charge in [0.15, 0.2) is 0 Å². The van der Waals surface area contributed by atoms with Gasteiger partial charge in [-0.05, 0) is 23.1 Å². The van der Waals surface area contributed by atoms with Crippen LogP contribution in [0.1, 0.15) is 26.3 Å². The third-order valence-electron chi connectivity index (χ3n) is 2.42. The van der Waals surface area contributed by atoms with Gasteiger partial charge >= 0.3 is 0 Å². The second-order valence-electron chi connectivity index (χ2n) is 4.60.